The van der Waals surface area contributed by atoms with Gasteiger partial charge in [0.1, 0.15) is 11.2 Å². The van der Waals surface area contributed by atoms with Gasteiger partial charge in [0.25, 0.3) is 0 Å². The highest BCUT2D eigenvalue weighted by molar-refractivity contribution is 6.31. The lowest BCUT2D eigenvalue weighted by molar-refractivity contribution is 0.669. The van der Waals surface area contributed by atoms with E-state index in [0.717, 1.165) is 65.7 Å². The predicted molar refractivity (Wildman–Crippen MR) is 189 cm³/mol. The van der Waals surface area contributed by atoms with Crippen LogP contribution < -0.4 is 0 Å². The van der Waals surface area contributed by atoms with E-state index in [1.54, 1.807) is 0 Å². The van der Waals surface area contributed by atoms with E-state index in [1.165, 1.54) is 5.56 Å². The Balaban J connectivity index is 1.27. The van der Waals surface area contributed by atoms with Gasteiger partial charge in [0, 0.05) is 38.6 Å². The average Bonchev–Trinajstić information content (AvgIpc) is 3.49. The van der Waals surface area contributed by atoms with E-state index in [4.69, 9.17) is 31.0 Å². The molecule has 4 nitrogen and oxygen atoms in total. The lowest BCUT2D eigenvalue weighted by Crippen LogP contribution is -2.00. The summed E-state index contributed by atoms with van der Waals surface area (Å²) in [6.07, 6.45) is 0. The smallest absolute Gasteiger partial charge is 0.164 e. The van der Waals surface area contributed by atoms with Crippen LogP contribution >= 0.6 is 11.6 Å². The molecule has 0 N–H and O–H groups in total. The number of hydrogen-bond donors (Lipinski definition) is 0. The first-order valence-electron chi connectivity index (χ1n) is 15.1. The molecular formula is C41H24ClN3O. The minimum Gasteiger partial charge on any atom is -0.456 e. The van der Waals surface area contributed by atoms with Crippen molar-refractivity contribution in [2.75, 3.05) is 0 Å². The SMILES string of the molecule is Clc1ccc2c(c1)oc1cccc(-c3nc(-c4ccc5ccccc5c4)nc(-c4ccc5ccc(-c6ccccc6)cc5c4)n3)c12. The zero-order valence-corrected chi connectivity index (χ0v) is 25.2. The molecule has 7 aromatic carbocycles. The molecule has 0 unspecified atom stereocenters. The first-order valence-corrected chi connectivity index (χ1v) is 15.5. The maximum atomic E-state index is 6.31. The zero-order chi connectivity index (χ0) is 30.6. The topological polar surface area (TPSA) is 51.8 Å². The van der Waals surface area contributed by atoms with Crippen LogP contribution in [0.3, 0.4) is 0 Å². The lowest BCUT2D eigenvalue weighted by atomic mass is 9.99. The summed E-state index contributed by atoms with van der Waals surface area (Å²) in [5.74, 6) is 1.79. The molecule has 2 aromatic heterocycles. The highest BCUT2D eigenvalue weighted by atomic mass is 35.5. The van der Waals surface area contributed by atoms with E-state index >= 15 is 0 Å². The molecule has 216 valence electrons. The fourth-order valence-corrected chi connectivity index (χ4v) is 6.43. The number of rotatable bonds is 4. The van der Waals surface area contributed by atoms with Gasteiger partial charge in [-0.3, -0.25) is 0 Å². The van der Waals surface area contributed by atoms with Gasteiger partial charge in [0.15, 0.2) is 17.5 Å². The molecule has 9 aromatic rings. The van der Waals surface area contributed by atoms with Crippen molar-refractivity contribution in [1.82, 2.24) is 15.0 Å². The van der Waals surface area contributed by atoms with Gasteiger partial charge in [-0.15, -0.1) is 0 Å². The molecule has 5 heteroatoms. The van der Waals surface area contributed by atoms with E-state index in [0.29, 0.717) is 22.5 Å². The van der Waals surface area contributed by atoms with Gasteiger partial charge in [-0.05, 0) is 69.1 Å². The monoisotopic (exact) mass is 609 g/mol. The van der Waals surface area contributed by atoms with Gasteiger partial charge < -0.3 is 4.42 Å². The Bertz CT molecular complexity index is 2610. The minimum absolute atomic E-state index is 0.578. The van der Waals surface area contributed by atoms with E-state index in [9.17, 15) is 0 Å². The van der Waals surface area contributed by atoms with Crippen LogP contribution in [0.2, 0.25) is 5.02 Å². The molecule has 0 atom stereocenters. The Kier molecular flexibility index (Phi) is 6.15. The molecule has 0 bridgehead atoms. The van der Waals surface area contributed by atoms with Crippen molar-refractivity contribution in [3.63, 3.8) is 0 Å². The summed E-state index contributed by atoms with van der Waals surface area (Å²) in [5.41, 5.74) is 6.53. The summed E-state index contributed by atoms with van der Waals surface area (Å²) in [6.45, 7) is 0. The second kappa shape index (κ2) is 10.7. The first kappa shape index (κ1) is 26.6. The second-order valence-electron chi connectivity index (χ2n) is 11.4. The van der Waals surface area contributed by atoms with Gasteiger partial charge in [-0.1, -0.05) is 115 Å². The van der Waals surface area contributed by atoms with Crippen LogP contribution in [0.15, 0.2) is 150 Å². The van der Waals surface area contributed by atoms with Gasteiger partial charge in [-0.2, -0.15) is 0 Å². The standard InChI is InChI=1S/C41H24ClN3O/c42-33-19-20-34-37(24-33)46-36-12-6-11-35(38(34)36)41-44-39(30-17-14-26-9-4-5-10-28(26)21-30)43-40(45-41)31-18-15-27-13-16-29(22-32(27)23-31)25-7-2-1-3-8-25/h1-24H. The van der Waals surface area contributed by atoms with Crippen molar-refractivity contribution in [2.24, 2.45) is 0 Å². The van der Waals surface area contributed by atoms with Crippen molar-refractivity contribution in [2.45, 2.75) is 0 Å². The summed E-state index contributed by atoms with van der Waals surface area (Å²) in [4.78, 5) is 15.3. The van der Waals surface area contributed by atoms with Crippen molar-refractivity contribution < 1.29 is 4.42 Å². The van der Waals surface area contributed by atoms with Crippen molar-refractivity contribution in [3.8, 4) is 45.3 Å². The highest BCUT2D eigenvalue weighted by Gasteiger charge is 2.18. The van der Waals surface area contributed by atoms with Crippen LogP contribution in [-0.4, -0.2) is 15.0 Å². The Labute approximate surface area is 269 Å². The molecule has 9 rings (SSSR count). The van der Waals surface area contributed by atoms with E-state index in [1.807, 2.05) is 54.6 Å². The summed E-state index contributed by atoms with van der Waals surface area (Å²) in [7, 11) is 0. The van der Waals surface area contributed by atoms with Crippen LogP contribution in [0.1, 0.15) is 0 Å². The van der Waals surface area contributed by atoms with Crippen LogP contribution in [0.4, 0.5) is 0 Å². The van der Waals surface area contributed by atoms with Crippen LogP contribution in [0.25, 0.3) is 88.8 Å². The van der Waals surface area contributed by atoms with E-state index in [2.05, 4.69) is 91.0 Å². The van der Waals surface area contributed by atoms with Gasteiger partial charge in [0.05, 0.1) is 0 Å². The zero-order valence-electron chi connectivity index (χ0n) is 24.5. The predicted octanol–water partition coefficient (Wildman–Crippen LogP) is 11.4. The summed E-state index contributed by atoms with van der Waals surface area (Å²) >= 11 is 6.31. The number of halogens is 1. The third-order valence-electron chi connectivity index (χ3n) is 8.55. The molecule has 0 aliphatic carbocycles. The number of aromatic nitrogens is 3. The molecule has 46 heavy (non-hydrogen) atoms. The average molecular weight is 610 g/mol. The largest absolute Gasteiger partial charge is 0.456 e. The van der Waals surface area contributed by atoms with Crippen molar-refractivity contribution in [1.29, 1.82) is 0 Å². The second-order valence-corrected chi connectivity index (χ2v) is 11.9. The third-order valence-corrected chi connectivity index (χ3v) is 8.78. The van der Waals surface area contributed by atoms with Crippen molar-refractivity contribution >= 4 is 55.1 Å². The minimum atomic E-state index is 0.578. The molecule has 0 amide bonds. The maximum Gasteiger partial charge on any atom is 0.164 e. The Morgan fingerprint density at radius 2 is 1.04 bits per heavy atom. The summed E-state index contributed by atoms with van der Waals surface area (Å²) in [6, 6.07) is 49.7. The molecule has 0 spiro atoms. The first-order chi connectivity index (χ1) is 22.7. The van der Waals surface area contributed by atoms with Gasteiger partial charge >= 0.3 is 0 Å². The van der Waals surface area contributed by atoms with Crippen molar-refractivity contribution in [3.05, 3.63) is 151 Å². The molecule has 0 fully saturated rings. The Hall–Kier alpha value is -5.84. The molecule has 0 radical (unpaired) electrons. The Morgan fingerprint density at radius 1 is 0.413 bits per heavy atom. The number of benzene rings is 7. The third kappa shape index (κ3) is 4.59. The molecule has 0 saturated carbocycles. The Morgan fingerprint density at radius 3 is 1.83 bits per heavy atom. The van der Waals surface area contributed by atoms with E-state index < -0.39 is 0 Å². The number of nitrogens with zero attached hydrogens (tertiary/aromatic N) is 3. The summed E-state index contributed by atoms with van der Waals surface area (Å²) < 4.78 is 6.21. The molecule has 0 aliphatic rings. The van der Waals surface area contributed by atoms with Crippen LogP contribution in [0.5, 0.6) is 0 Å². The van der Waals surface area contributed by atoms with Crippen LogP contribution in [0, 0.1) is 0 Å². The van der Waals surface area contributed by atoms with Gasteiger partial charge in [0.2, 0.25) is 0 Å². The molecular weight excluding hydrogens is 586 g/mol. The number of hydrogen-bond acceptors (Lipinski definition) is 4. The number of furan rings is 1. The van der Waals surface area contributed by atoms with Gasteiger partial charge in [-0.25, -0.2) is 15.0 Å². The maximum absolute atomic E-state index is 6.31. The van der Waals surface area contributed by atoms with E-state index in [-0.39, 0.29) is 0 Å². The fraction of sp³-hybridized carbons (Fsp3) is 0. The highest BCUT2D eigenvalue weighted by Crippen LogP contribution is 2.38. The lowest BCUT2D eigenvalue weighted by Gasteiger charge is -2.11. The fourth-order valence-electron chi connectivity index (χ4n) is 6.26. The quantitative estimate of drug-likeness (QED) is 0.199. The summed E-state index contributed by atoms with van der Waals surface area (Å²) in [5, 5.41) is 7.10. The number of fused-ring (bicyclic) bond motifs is 5. The normalized spacial score (nSPS) is 11.6. The molecule has 0 aliphatic heterocycles. The molecule has 0 saturated heterocycles. The molecule has 2 heterocycles. The van der Waals surface area contributed by atoms with Crippen LogP contribution in [-0.2, 0) is 0 Å².